The number of rotatable bonds is 13. The Morgan fingerprint density at radius 2 is 1.72 bits per heavy atom. The average molecular weight is 355 g/mol. The van der Waals surface area contributed by atoms with Gasteiger partial charge in [-0.15, -0.1) is 0 Å². The van der Waals surface area contributed by atoms with Crippen molar-refractivity contribution in [3.05, 3.63) is 11.6 Å². The van der Waals surface area contributed by atoms with E-state index >= 15 is 0 Å². The van der Waals surface area contributed by atoms with Gasteiger partial charge in [0.1, 0.15) is 0 Å². The van der Waals surface area contributed by atoms with Crippen LogP contribution in [-0.4, -0.2) is 36.6 Å². The van der Waals surface area contributed by atoms with Crippen LogP contribution in [0.4, 0.5) is 4.79 Å². The van der Waals surface area contributed by atoms with Gasteiger partial charge in [0, 0.05) is 11.6 Å². The summed E-state index contributed by atoms with van der Waals surface area (Å²) < 4.78 is 9.32. The maximum absolute atomic E-state index is 11.5. The fraction of sp³-hybridized carbons (Fsp3) is 0.789. The van der Waals surface area contributed by atoms with Crippen molar-refractivity contribution in [2.24, 2.45) is 0 Å². The van der Waals surface area contributed by atoms with E-state index in [0.717, 1.165) is 19.3 Å². The lowest BCUT2D eigenvalue weighted by atomic mass is 9.99. The van der Waals surface area contributed by atoms with Crippen LogP contribution >= 0.6 is 0 Å². The fourth-order valence-corrected chi connectivity index (χ4v) is 3.05. The van der Waals surface area contributed by atoms with Crippen molar-refractivity contribution >= 4 is 12.1 Å². The molecular weight excluding hydrogens is 322 g/mol. The van der Waals surface area contributed by atoms with E-state index in [0.29, 0.717) is 12.0 Å². The second-order valence-electron chi connectivity index (χ2n) is 6.59. The normalized spacial score (nSPS) is 17.8. The van der Waals surface area contributed by atoms with Crippen LogP contribution in [0.15, 0.2) is 11.6 Å². The molecule has 0 aromatic heterocycles. The molecule has 1 aliphatic heterocycles. The summed E-state index contributed by atoms with van der Waals surface area (Å²) in [6.07, 6.45) is 12.3. The van der Waals surface area contributed by atoms with E-state index in [4.69, 9.17) is 4.74 Å². The van der Waals surface area contributed by atoms with E-state index in [-0.39, 0.29) is 0 Å². The zero-order chi connectivity index (χ0) is 18.5. The van der Waals surface area contributed by atoms with Gasteiger partial charge in [0.15, 0.2) is 0 Å². The van der Waals surface area contributed by atoms with Gasteiger partial charge in [-0.1, -0.05) is 71.1 Å². The summed E-state index contributed by atoms with van der Waals surface area (Å²) in [5, 5.41) is 12.4. The highest BCUT2D eigenvalue weighted by Gasteiger charge is 2.31. The molecule has 6 nitrogen and oxygen atoms in total. The maximum atomic E-state index is 11.5. The number of aliphatic hydroxyl groups is 1. The van der Waals surface area contributed by atoms with Gasteiger partial charge in [-0.3, -0.25) is 0 Å². The van der Waals surface area contributed by atoms with Gasteiger partial charge in [-0.2, -0.15) is 0 Å². The van der Waals surface area contributed by atoms with Gasteiger partial charge in [0.05, 0.1) is 13.2 Å². The molecule has 144 valence electrons. The minimum Gasteiger partial charge on any atom is -0.453 e. The largest absolute Gasteiger partial charge is 0.453 e. The van der Waals surface area contributed by atoms with Crippen LogP contribution in [0.1, 0.15) is 77.6 Å². The number of nitrogens with one attached hydrogen (secondary N) is 1. The molecule has 0 radical (unpaired) electrons. The van der Waals surface area contributed by atoms with E-state index in [2.05, 4.69) is 17.0 Å². The second kappa shape index (κ2) is 12.8. The van der Waals surface area contributed by atoms with Crippen molar-refractivity contribution in [1.29, 1.82) is 0 Å². The monoisotopic (exact) mass is 355 g/mol. The molecule has 0 aromatic rings. The fourth-order valence-electron chi connectivity index (χ4n) is 3.05. The van der Waals surface area contributed by atoms with Crippen molar-refractivity contribution in [2.75, 3.05) is 7.11 Å². The Morgan fingerprint density at radius 1 is 1.16 bits per heavy atom. The molecule has 0 saturated carbocycles. The van der Waals surface area contributed by atoms with Crippen LogP contribution in [0.3, 0.4) is 0 Å². The number of hydrogen-bond donors (Lipinski definition) is 2. The molecule has 0 spiro atoms. The molecule has 0 bridgehead atoms. The minimum atomic E-state index is -1.28. The number of ether oxygens (including phenoxy) is 2. The van der Waals surface area contributed by atoms with Crippen LogP contribution in [0.2, 0.25) is 0 Å². The number of alkyl carbamates (subject to hydrolysis) is 1. The molecule has 1 heterocycles. The Balaban J connectivity index is 2.24. The van der Waals surface area contributed by atoms with Crippen molar-refractivity contribution in [3.63, 3.8) is 0 Å². The predicted octanol–water partition coefficient (Wildman–Crippen LogP) is 3.82. The standard InChI is InChI=1S/C19H33NO5/c1-3-4-5-6-7-8-9-10-11-12-13-16(20-19(23)24-2)15-14-17(21)25-18(15)22/h14,16,18,22H,3-13H2,1-2H3,(H,20,23). The molecule has 2 atom stereocenters. The zero-order valence-electron chi connectivity index (χ0n) is 15.6. The summed E-state index contributed by atoms with van der Waals surface area (Å²) in [5.74, 6) is -0.581. The summed E-state index contributed by atoms with van der Waals surface area (Å²) >= 11 is 0. The van der Waals surface area contributed by atoms with Crippen LogP contribution in [0.5, 0.6) is 0 Å². The van der Waals surface area contributed by atoms with Gasteiger partial charge in [0.2, 0.25) is 6.29 Å². The quantitative estimate of drug-likeness (QED) is 0.387. The third-order valence-corrected chi connectivity index (χ3v) is 4.52. The van der Waals surface area contributed by atoms with E-state index in [9.17, 15) is 14.7 Å². The number of unbranched alkanes of at least 4 members (excludes halogenated alkanes) is 9. The molecule has 1 amide bonds. The first-order chi connectivity index (χ1) is 12.1. The Labute approximate surface area is 151 Å². The molecule has 1 rings (SSSR count). The number of hydrogen-bond acceptors (Lipinski definition) is 5. The van der Waals surface area contributed by atoms with Crippen molar-refractivity contribution < 1.29 is 24.2 Å². The third-order valence-electron chi connectivity index (χ3n) is 4.52. The van der Waals surface area contributed by atoms with Crippen LogP contribution in [0, 0.1) is 0 Å². The number of esters is 1. The average Bonchev–Trinajstić information content (AvgIpc) is 2.93. The molecule has 0 saturated heterocycles. The number of methoxy groups -OCH3 is 1. The van der Waals surface area contributed by atoms with Crippen LogP contribution < -0.4 is 5.32 Å². The second-order valence-corrected chi connectivity index (χ2v) is 6.59. The maximum Gasteiger partial charge on any atom is 0.407 e. The van der Waals surface area contributed by atoms with E-state index in [1.807, 2.05) is 0 Å². The SMILES string of the molecule is CCCCCCCCCCCCC(NC(=O)OC)C1=CC(=O)OC1O. The topological polar surface area (TPSA) is 84.9 Å². The van der Waals surface area contributed by atoms with Gasteiger partial charge in [-0.25, -0.2) is 9.59 Å². The summed E-state index contributed by atoms with van der Waals surface area (Å²) in [5.41, 5.74) is 0.395. The van der Waals surface area contributed by atoms with Gasteiger partial charge < -0.3 is 19.9 Å². The minimum absolute atomic E-state index is 0.395. The van der Waals surface area contributed by atoms with Gasteiger partial charge >= 0.3 is 12.1 Å². The first-order valence-corrected chi connectivity index (χ1v) is 9.53. The van der Waals surface area contributed by atoms with Crippen molar-refractivity contribution in [3.8, 4) is 0 Å². The summed E-state index contributed by atoms with van der Waals surface area (Å²) in [6, 6.07) is -0.442. The number of carbonyl (C=O) groups excluding carboxylic acids is 2. The first-order valence-electron chi connectivity index (χ1n) is 9.53. The zero-order valence-corrected chi connectivity index (χ0v) is 15.6. The van der Waals surface area contributed by atoms with E-state index in [1.165, 1.54) is 58.1 Å². The first kappa shape index (κ1) is 21.5. The Kier molecular flexibility index (Phi) is 11.0. The van der Waals surface area contributed by atoms with E-state index in [1.54, 1.807) is 0 Å². The lowest BCUT2D eigenvalue weighted by molar-refractivity contribution is -0.151. The number of amides is 1. The predicted molar refractivity (Wildman–Crippen MR) is 96.0 cm³/mol. The molecule has 1 aliphatic rings. The lowest BCUT2D eigenvalue weighted by Crippen LogP contribution is -2.38. The van der Waals surface area contributed by atoms with Crippen LogP contribution in [-0.2, 0) is 14.3 Å². The lowest BCUT2D eigenvalue weighted by Gasteiger charge is -2.20. The third kappa shape index (κ3) is 8.91. The van der Waals surface area contributed by atoms with Crippen LogP contribution in [0.25, 0.3) is 0 Å². The molecule has 25 heavy (non-hydrogen) atoms. The highest BCUT2D eigenvalue weighted by Crippen LogP contribution is 2.21. The van der Waals surface area contributed by atoms with Gasteiger partial charge in [-0.05, 0) is 6.42 Å². The highest BCUT2D eigenvalue weighted by molar-refractivity contribution is 5.86. The number of aliphatic hydroxyl groups excluding tert-OH is 1. The molecule has 0 aromatic carbocycles. The number of cyclic esters (lactones) is 1. The molecule has 2 unspecified atom stereocenters. The summed E-state index contributed by atoms with van der Waals surface area (Å²) in [6.45, 7) is 2.23. The molecule has 0 fully saturated rings. The molecule has 2 N–H and O–H groups in total. The van der Waals surface area contributed by atoms with Crippen molar-refractivity contribution in [2.45, 2.75) is 89.9 Å². The molecular formula is C19H33NO5. The molecule has 0 aliphatic carbocycles. The summed E-state index contributed by atoms with van der Waals surface area (Å²) in [7, 11) is 1.29. The molecule has 6 heteroatoms. The smallest absolute Gasteiger partial charge is 0.407 e. The van der Waals surface area contributed by atoms with Gasteiger partial charge in [0.25, 0.3) is 0 Å². The highest BCUT2D eigenvalue weighted by atomic mass is 16.6. The van der Waals surface area contributed by atoms with E-state index < -0.39 is 24.4 Å². The Morgan fingerprint density at radius 3 is 2.20 bits per heavy atom. The Bertz CT molecular complexity index is 436. The number of carbonyl (C=O) groups is 2. The Hall–Kier alpha value is -1.56. The van der Waals surface area contributed by atoms with Crippen molar-refractivity contribution in [1.82, 2.24) is 5.32 Å². The summed E-state index contributed by atoms with van der Waals surface area (Å²) in [4.78, 5) is 22.7.